The van der Waals surface area contributed by atoms with E-state index >= 15 is 0 Å². The van der Waals surface area contributed by atoms with Gasteiger partial charge in [0, 0.05) is 28.4 Å². The van der Waals surface area contributed by atoms with Gasteiger partial charge in [0.25, 0.3) is 0 Å². The zero-order valence-electron chi connectivity index (χ0n) is 18.6. The minimum Gasteiger partial charge on any atom is -0.481 e. The maximum atomic E-state index is 11.2. The van der Waals surface area contributed by atoms with Gasteiger partial charge in [-0.1, -0.05) is 6.42 Å². The Labute approximate surface area is 205 Å². The van der Waals surface area contributed by atoms with Crippen molar-refractivity contribution in [2.24, 2.45) is 0 Å². The number of aliphatic carboxylic acids is 2. The predicted molar refractivity (Wildman–Crippen MR) is 126 cm³/mol. The average molecular weight is 521 g/mol. The van der Waals surface area contributed by atoms with E-state index in [2.05, 4.69) is 21.3 Å². The number of aliphatic hydroxyl groups excluding tert-OH is 1. The number of carbonyl (C=O) groups excluding carboxylic acids is 2. The summed E-state index contributed by atoms with van der Waals surface area (Å²) < 4.78 is 0. The van der Waals surface area contributed by atoms with E-state index in [1.54, 1.807) is 23.5 Å². The third kappa shape index (κ3) is 6.83. The van der Waals surface area contributed by atoms with Crippen LogP contribution in [0.5, 0.6) is 0 Å². The summed E-state index contributed by atoms with van der Waals surface area (Å²) in [5.41, 5.74) is -1.13. The number of aliphatic hydroxyl groups is 2. The molecule has 4 rings (SSSR count). The fourth-order valence-electron chi connectivity index (χ4n) is 4.58. The van der Waals surface area contributed by atoms with Crippen LogP contribution in [-0.2, 0) is 9.59 Å². The van der Waals surface area contributed by atoms with Crippen molar-refractivity contribution >= 4 is 47.5 Å². The maximum Gasteiger partial charge on any atom is 0.332 e. The molecule has 34 heavy (non-hydrogen) atoms. The zero-order chi connectivity index (χ0) is 24.9. The van der Waals surface area contributed by atoms with Gasteiger partial charge in [0.15, 0.2) is 11.8 Å². The molecule has 0 bridgehead atoms. The Kier molecular flexibility index (Phi) is 9.18. The van der Waals surface area contributed by atoms with Crippen LogP contribution >= 0.6 is 23.5 Å². The molecule has 0 radical (unpaired) electrons. The van der Waals surface area contributed by atoms with E-state index < -0.39 is 23.8 Å². The maximum absolute atomic E-state index is 11.2. The molecule has 4 unspecified atom stereocenters. The van der Waals surface area contributed by atoms with Crippen LogP contribution in [-0.4, -0.2) is 96.4 Å². The SMILES string of the molecule is O=C(O)CCCCC1SCC2(O)NC(=O)NC12.O=C1N[C@H]2[C@H](CS[C@H]2CCCC(O)C(=O)O)N1. The second-order valence-corrected chi connectivity index (χ2v) is 11.4. The fraction of sp³-hybridized carbons (Fsp3) is 0.800. The molecule has 14 heteroatoms. The molecule has 8 N–H and O–H groups in total. The van der Waals surface area contributed by atoms with Crippen molar-refractivity contribution < 1.29 is 39.6 Å². The van der Waals surface area contributed by atoms with Crippen LogP contribution in [0.4, 0.5) is 9.59 Å². The van der Waals surface area contributed by atoms with Crippen LogP contribution in [0, 0.1) is 0 Å². The van der Waals surface area contributed by atoms with Gasteiger partial charge in [-0.15, -0.1) is 0 Å². The van der Waals surface area contributed by atoms with Gasteiger partial charge < -0.3 is 41.7 Å². The quantitative estimate of drug-likeness (QED) is 0.142. The van der Waals surface area contributed by atoms with Gasteiger partial charge in [0.05, 0.1) is 18.1 Å². The molecular weight excluding hydrogens is 488 g/mol. The number of carboxylic acid groups (broad SMARTS) is 2. The number of carbonyl (C=O) groups is 4. The molecule has 4 saturated heterocycles. The Morgan fingerprint density at radius 2 is 1.74 bits per heavy atom. The van der Waals surface area contributed by atoms with Gasteiger partial charge in [-0.05, 0) is 32.1 Å². The lowest BCUT2D eigenvalue weighted by atomic mass is 10.0. The number of carboxylic acids is 2. The predicted octanol–water partition coefficient (Wildman–Crippen LogP) is -0.116. The number of hydrogen-bond donors (Lipinski definition) is 8. The molecular formula is C20H32N4O8S2. The summed E-state index contributed by atoms with van der Waals surface area (Å²) in [6.07, 6.45) is 2.90. The monoisotopic (exact) mass is 520 g/mol. The van der Waals surface area contributed by atoms with Crippen LogP contribution in [0.2, 0.25) is 0 Å². The number of rotatable bonds is 10. The summed E-state index contributed by atoms with van der Waals surface area (Å²) in [6.45, 7) is 0. The molecule has 4 aliphatic rings. The minimum absolute atomic E-state index is 0.115. The van der Waals surface area contributed by atoms with Gasteiger partial charge >= 0.3 is 24.0 Å². The van der Waals surface area contributed by atoms with Crippen molar-refractivity contribution in [2.45, 2.75) is 85.4 Å². The van der Waals surface area contributed by atoms with Gasteiger partial charge in [-0.3, -0.25) is 4.79 Å². The summed E-state index contributed by atoms with van der Waals surface area (Å²) in [4.78, 5) is 43.1. The Bertz CT molecular complexity index is 790. The first-order valence-electron chi connectivity index (χ1n) is 11.3. The number of amides is 4. The number of thioether (sulfide) groups is 2. The first-order valence-corrected chi connectivity index (χ1v) is 13.4. The van der Waals surface area contributed by atoms with E-state index in [1.165, 1.54) is 0 Å². The van der Waals surface area contributed by atoms with Crippen LogP contribution in [0.3, 0.4) is 0 Å². The zero-order valence-corrected chi connectivity index (χ0v) is 20.2. The Balaban J connectivity index is 0.000000191. The number of fused-ring (bicyclic) bond motifs is 2. The lowest BCUT2D eigenvalue weighted by molar-refractivity contribution is -0.147. The lowest BCUT2D eigenvalue weighted by Crippen LogP contribution is -2.50. The molecule has 0 aromatic heterocycles. The number of unbranched alkanes of at least 4 members (excludes halogenated alkanes) is 1. The lowest BCUT2D eigenvalue weighted by Gasteiger charge is -2.22. The van der Waals surface area contributed by atoms with Crippen LogP contribution in [0.25, 0.3) is 0 Å². The Morgan fingerprint density at radius 1 is 1.00 bits per heavy atom. The van der Waals surface area contributed by atoms with E-state index in [0.29, 0.717) is 23.8 Å². The van der Waals surface area contributed by atoms with Crippen molar-refractivity contribution in [3.05, 3.63) is 0 Å². The number of nitrogens with one attached hydrogen (secondary N) is 4. The first kappa shape index (κ1) is 26.7. The highest BCUT2D eigenvalue weighted by Gasteiger charge is 2.53. The first-order chi connectivity index (χ1) is 16.1. The summed E-state index contributed by atoms with van der Waals surface area (Å²) in [6, 6.07) is -0.356. The molecule has 0 aromatic carbocycles. The third-order valence-electron chi connectivity index (χ3n) is 6.34. The van der Waals surface area contributed by atoms with Crippen LogP contribution in [0.1, 0.15) is 44.9 Å². The highest BCUT2D eigenvalue weighted by molar-refractivity contribution is 8.00. The van der Waals surface area contributed by atoms with Crippen molar-refractivity contribution in [1.29, 1.82) is 0 Å². The molecule has 0 spiro atoms. The normalized spacial score (nSPS) is 34.0. The molecule has 7 atom stereocenters. The topological polar surface area (TPSA) is 197 Å². The molecule has 0 saturated carbocycles. The van der Waals surface area contributed by atoms with Gasteiger partial charge in [0.2, 0.25) is 0 Å². The number of urea groups is 2. The van der Waals surface area contributed by atoms with Gasteiger partial charge in [0.1, 0.15) is 0 Å². The second-order valence-electron chi connectivity index (χ2n) is 8.90. The smallest absolute Gasteiger partial charge is 0.332 e. The molecule has 0 aromatic rings. The average Bonchev–Trinajstić information content (AvgIpc) is 3.46. The highest BCUT2D eigenvalue weighted by Crippen LogP contribution is 2.38. The molecule has 0 aliphatic carbocycles. The van der Waals surface area contributed by atoms with Gasteiger partial charge in [-0.25, -0.2) is 14.4 Å². The summed E-state index contributed by atoms with van der Waals surface area (Å²) in [5, 5.41) is 47.8. The van der Waals surface area contributed by atoms with E-state index in [9.17, 15) is 24.3 Å². The van der Waals surface area contributed by atoms with E-state index in [4.69, 9.17) is 15.3 Å². The summed E-state index contributed by atoms with van der Waals surface area (Å²) >= 11 is 3.41. The van der Waals surface area contributed by atoms with Crippen LogP contribution in [0.15, 0.2) is 0 Å². The Morgan fingerprint density at radius 3 is 2.44 bits per heavy atom. The van der Waals surface area contributed by atoms with Crippen molar-refractivity contribution in [3.8, 4) is 0 Å². The third-order valence-corrected chi connectivity index (χ3v) is 9.39. The molecule has 12 nitrogen and oxygen atoms in total. The minimum atomic E-state index is -1.27. The van der Waals surface area contributed by atoms with E-state index in [-0.39, 0.29) is 48.3 Å². The van der Waals surface area contributed by atoms with Crippen molar-refractivity contribution in [2.75, 3.05) is 11.5 Å². The molecule has 192 valence electrons. The largest absolute Gasteiger partial charge is 0.481 e. The van der Waals surface area contributed by atoms with Crippen molar-refractivity contribution in [1.82, 2.24) is 21.3 Å². The fourth-order valence-corrected chi connectivity index (χ4v) is 7.66. The van der Waals surface area contributed by atoms with E-state index in [0.717, 1.165) is 25.0 Å². The molecule has 4 aliphatic heterocycles. The second kappa shape index (κ2) is 11.7. The molecule has 4 heterocycles. The van der Waals surface area contributed by atoms with Gasteiger partial charge in [-0.2, -0.15) is 23.5 Å². The standard InChI is InChI=1S/2C10H16N2O4S/c13-6(9(14)15)2-1-3-7-8-5(4-17-7)11-10(16)12-8;13-7(14)4-2-1-3-6-8-10(16,5-17-6)12-9(15)11-8/h5-8,13H,1-4H2,(H,14,15)(H2,11,12,16);6,8,16H,1-5H2,(H,13,14)(H2,11,12,15)/t5-,6?,7-,8-;/m0./s1. The summed E-state index contributed by atoms with van der Waals surface area (Å²) in [7, 11) is 0. The highest BCUT2D eigenvalue weighted by atomic mass is 32.2. The van der Waals surface area contributed by atoms with Crippen LogP contribution < -0.4 is 21.3 Å². The van der Waals surface area contributed by atoms with Crippen molar-refractivity contribution in [3.63, 3.8) is 0 Å². The Hall–Kier alpha value is -1.90. The molecule has 4 fully saturated rings. The molecule has 4 amide bonds. The number of hydrogen-bond acceptors (Lipinski definition) is 8. The van der Waals surface area contributed by atoms with E-state index in [1.807, 2.05) is 0 Å². The summed E-state index contributed by atoms with van der Waals surface area (Å²) in [5.74, 6) is -0.565.